The van der Waals surface area contributed by atoms with Crippen LogP contribution in [-0.2, 0) is 13.7 Å². The maximum atomic E-state index is 11.0. The lowest BCUT2D eigenvalue weighted by Gasteiger charge is -2.10. The van der Waals surface area contributed by atoms with Crippen molar-refractivity contribution in [3.05, 3.63) is 41.7 Å². The first-order valence-corrected chi connectivity index (χ1v) is 5.63. The summed E-state index contributed by atoms with van der Waals surface area (Å²) >= 11 is 0. The highest BCUT2D eigenvalue weighted by atomic mass is 16.5. The van der Waals surface area contributed by atoms with E-state index in [1.165, 1.54) is 10.9 Å². The van der Waals surface area contributed by atoms with Crippen LogP contribution in [0.5, 0.6) is 11.5 Å². The molecule has 0 bridgehead atoms. The predicted molar refractivity (Wildman–Crippen MR) is 67.5 cm³/mol. The number of hydrogen-bond acceptors (Lipinski definition) is 4. The van der Waals surface area contributed by atoms with Crippen molar-refractivity contribution in [2.45, 2.75) is 6.61 Å². The van der Waals surface area contributed by atoms with Crippen LogP contribution >= 0.6 is 0 Å². The van der Waals surface area contributed by atoms with Gasteiger partial charge in [-0.25, -0.2) is 4.79 Å². The van der Waals surface area contributed by atoms with Crippen molar-refractivity contribution < 1.29 is 19.4 Å². The fraction of sp³-hybridized carbons (Fsp3) is 0.231. The predicted octanol–water partition coefficient (Wildman–Crippen LogP) is 1.71. The molecular weight excluding hydrogens is 248 g/mol. The van der Waals surface area contributed by atoms with Crippen molar-refractivity contribution in [3.63, 3.8) is 0 Å². The van der Waals surface area contributed by atoms with Gasteiger partial charge in [0.15, 0.2) is 11.5 Å². The number of ether oxygens (including phenoxy) is 2. The molecule has 0 spiro atoms. The number of aryl methyl sites for hydroxylation is 1. The molecule has 1 heterocycles. The highest BCUT2D eigenvalue weighted by Crippen LogP contribution is 2.26. The molecule has 19 heavy (non-hydrogen) atoms. The first-order chi connectivity index (χ1) is 9.13. The van der Waals surface area contributed by atoms with Crippen LogP contribution in [0, 0.1) is 0 Å². The monoisotopic (exact) mass is 262 g/mol. The molecule has 2 aromatic rings. The average Bonchev–Trinajstić information content (AvgIpc) is 2.78. The average molecular weight is 262 g/mol. The van der Waals surface area contributed by atoms with E-state index in [9.17, 15) is 4.79 Å². The van der Waals surface area contributed by atoms with Gasteiger partial charge in [0.1, 0.15) is 12.2 Å². The van der Waals surface area contributed by atoms with Crippen LogP contribution < -0.4 is 9.47 Å². The number of aromatic nitrogens is 2. The molecule has 0 aliphatic carbocycles. The third kappa shape index (κ3) is 2.67. The molecule has 2 rings (SSSR count). The number of carbonyl (C=O) groups is 1. The second-order valence-corrected chi connectivity index (χ2v) is 3.87. The highest BCUT2D eigenvalue weighted by Gasteiger charge is 2.16. The van der Waals surface area contributed by atoms with Gasteiger partial charge >= 0.3 is 5.97 Å². The minimum atomic E-state index is -1.02. The number of benzene rings is 1. The number of carboxylic acid groups (broad SMARTS) is 1. The lowest BCUT2D eigenvalue weighted by atomic mass is 10.2. The van der Waals surface area contributed by atoms with Gasteiger partial charge in [0, 0.05) is 7.05 Å². The van der Waals surface area contributed by atoms with Crippen molar-refractivity contribution in [1.29, 1.82) is 0 Å². The van der Waals surface area contributed by atoms with Gasteiger partial charge in [0.05, 0.1) is 19.0 Å². The van der Waals surface area contributed by atoms with E-state index >= 15 is 0 Å². The summed E-state index contributed by atoms with van der Waals surface area (Å²) in [7, 11) is 3.22. The van der Waals surface area contributed by atoms with Crippen molar-refractivity contribution in [2.24, 2.45) is 7.05 Å². The van der Waals surface area contributed by atoms with Crippen LogP contribution in [0.2, 0.25) is 0 Å². The Bertz CT molecular complexity index is 592. The van der Waals surface area contributed by atoms with Gasteiger partial charge < -0.3 is 14.6 Å². The number of methoxy groups -OCH3 is 1. The fourth-order valence-corrected chi connectivity index (χ4v) is 1.70. The molecule has 0 aliphatic rings. The summed E-state index contributed by atoms with van der Waals surface area (Å²) in [5.41, 5.74) is 0.635. The number of aromatic carboxylic acids is 1. The van der Waals surface area contributed by atoms with Crippen molar-refractivity contribution in [2.75, 3.05) is 7.11 Å². The molecule has 1 N–H and O–H groups in total. The Morgan fingerprint density at radius 1 is 1.37 bits per heavy atom. The molecule has 0 radical (unpaired) electrons. The minimum Gasteiger partial charge on any atom is -0.493 e. The molecule has 0 fully saturated rings. The van der Waals surface area contributed by atoms with Gasteiger partial charge in [-0.3, -0.25) is 4.68 Å². The fourth-order valence-electron chi connectivity index (χ4n) is 1.70. The molecule has 0 unspecified atom stereocenters. The number of para-hydroxylation sites is 2. The molecule has 0 aliphatic heterocycles. The minimum absolute atomic E-state index is 0.110. The Balaban J connectivity index is 2.19. The Labute approximate surface area is 110 Å². The largest absolute Gasteiger partial charge is 0.493 e. The van der Waals surface area contributed by atoms with E-state index < -0.39 is 5.97 Å². The third-order valence-electron chi connectivity index (χ3n) is 2.73. The van der Waals surface area contributed by atoms with Gasteiger partial charge in [-0.2, -0.15) is 5.10 Å². The molecule has 6 nitrogen and oxygen atoms in total. The molecular formula is C13H14N2O4. The molecule has 0 saturated carbocycles. The van der Waals surface area contributed by atoms with Crippen molar-refractivity contribution >= 4 is 5.97 Å². The van der Waals surface area contributed by atoms with Crippen LogP contribution in [0.15, 0.2) is 30.5 Å². The van der Waals surface area contributed by atoms with Crippen LogP contribution in [0.25, 0.3) is 0 Å². The van der Waals surface area contributed by atoms with E-state index in [4.69, 9.17) is 14.6 Å². The van der Waals surface area contributed by atoms with E-state index in [-0.39, 0.29) is 12.2 Å². The van der Waals surface area contributed by atoms with Crippen molar-refractivity contribution in [1.82, 2.24) is 9.78 Å². The third-order valence-corrected chi connectivity index (χ3v) is 2.73. The van der Waals surface area contributed by atoms with Gasteiger partial charge in [-0.15, -0.1) is 0 Å². The second kappa shape index (κ2) is 5.43. The van der Waals surface area contributed by atoms with E-state index in [0.29, 0.717) is 17.2 Å². The molecule has 0 saturated heterocycles. The first kappa shape index (κ1) is 12.9. The normalized spacial score (nSPS) is 10.2. The topological polar surface area (TPSA) is 73.6 Å². The summed E-state index contributed by atoms with van der Waals surface area (Å²) in [6, 6.07) is 7.18. The molecule has 1 aromatic heterocycles. The molecule has 6 heteroatoms. The highest BCUT2D eigenvalue weighted by molar-refractivity contribution is 5.88. The Kier molecular flexibility index (Phi) is 3.70. The number of carboxylic acids is 1. The van der Waals surface area contributed by atoms with Crippen LogP contribution in [0.4, 0.5) is 0 Å². The van der Waals surface area contributed by atoms with Gasteiger partial charge in [-0.1, -0.05) is 12.1 Å². The number of rotatable bonds is 5. The summed E-state index contributed by atoms with van der Waals surface area (Å²) in [5.74, 6) is 0.135. The smallest absolute Gasteiger partial charge is 0.339 e. The first-order valence-electron chi connectivity index (χ1n) is 5.63. The summed E-state index contributed by atoms with van der Waals surface area (Å²) in [6.45, 7) is 0.110. The van der Waals surface area contributed by atoms with E-state index in [1.807, 2.05) is 12.1 Å². The lowest BCUT2D eigenvalue weighted by Crippen LogP contribution is -2.08. The van der Waals surface area contributed by atoms with Crippen LogP contribution in [0.3, 0.4) is 0 Å². The van der Waals surface area contributed by atoms with Gasteiger partial charge in [0.2, 0.25) is 0 Å². The molecule has 0 amide bonds. The molecule has 1 aromatic carbocycles. The standard InChI is InChI=1S/C13H14N2O4/c1-15-10(9(7-14-15)13(16)17)8-19-12-6-4-3-5-11(12)18-2/h3-7H,8H2,1-2H3,(H,16,17). The summed E-state index contributed by atoms with van der Waals surface area (Å²) in [4.78, 5) is 11.0. The SMILES string of the molecule is COc1ccccc1OCc1c(C(=O)O)cnn1C. The summed E-state index contributed by atoms with van der Waals surface area (Å²) < 4.78 is 12.2. The zero-order chi connectivity index (χ0) is 13.8. The molecule has 100 valence electrons. The van der Waals surface area contributed by atoms with Gasteiger partial charge in [0.25, 0.3) is 0 Å². The zero-order valence-electron chi connectivity index (χ0n) is 10.7. The number of hydrogen-bond donors (Lipinski definition) is 1. The van der Waals surface area contributed by atoms with Crippen LogP contribution in [0.1, 0.15) is 16.1 Å². The van der Waals surface area contributed by atoms with E-state index in [0.717, 1.165) is 0 Å². The zero-order valence-corrected chi connectivity index (χ0v) is 10.7. The Morgan fingerprint density at radius 2 is 2.05 bits per heavy atom. The van der Waals surface area contributed by atoms with E-state index in [2.05, 4.69) is 5.10 Å². The summed E-state index contributed by atoms with van der Waals surface area (Å²) in [6.07, 6.45) is 1.31. The maximum Gasteiger partial charge on any atom is 0.339 e. The Morgan fingerprint density at radius 3 is 2.68 bits per heavy atom. The van der Waals surface area contributed by atoms with Gasteiger partial charge in [-0.05, 0) is 12.1 Å². The number of nitrogens with zero attached hydrogens (tertiary/aromatic N) is 2. The van der Waals surface area contributed by atoms with Crippen LogP contribution in [-0.4, -0.2) is 28.0 Å². The van der Waals surface area contributed by atoms with E-state index in [1.54, 1.807) is 26.3 Å². The lowest BCUT2D eigenvalue weighted by molar-refractivity contribution is 0.0693. The quantitative estimate of drug-likeness (QED) is 0.887. The Hall–Kier alpha value is -2.50. The summed E-state index contributed by atoms with van der Waals surface area (Å²) in [5, 5.41) is 13.0. The second-order valence-electron chi connectivity index (χ2n) is 3.87. The van der Waals surface area contributed by atoms with Crippen molar-refractivity contribution in [3.8, 4) is 11.5 Å². The maximum absolute atomic E-state index is 11.0. The molecule has 0 atom stereocenters.